The van der Waals surface area contributed by atoms with Gasteiger partial charge >= 0.3 is 0 Å². The molecule has 2 aromatic carbocycles. The zero-order valence-corrected chi connectivity index (χ0v) is 14.4. The van der Waals surface area contributed by atoms with Gasteiger partial charge in [-0.05, 0) is 36.8 Å². The van der Waals surface area contributed by atoms with Crippen LogP contribution in [0.3, 0.4) is 0 Å². The van der Waals surface area contributed by atoms with E-state index in [0.29, 0.717) is 5.56 Å². The van der Waals surface area contributed by atoms with Crippen molar-refractivity contribution < 1.29 is 16.8 Å². The van der Waals surface area contributed by atoms with E-state index in [-0.39, 0.29) is 9.79 Å². The summed E-state index contributed by atoms with van der Waals surface area (Å²) in [6.07, 6.45) is 0. The third-order valence-electron chi connectivity index (χ3n) is 3.66. The Morgan fingerprint density at radius 3 is 1.87 bits per heavy atom. The average Bonchev–Trinajstić information content (AvgIpc) is 2.53. The fraction of sp³-hybridized carbons (Fsp3) is 0.200. The van der Waals surface area contributed by atoms with E-state index >= 15 is 0 Å². The third kappa shape index (κ3) is 3.78. The van der Waals surface area contributed by atoms with Crippen molar-refractivity contribution in [3.8, 4) is 0 Å². The summed E-state index contributed by atoms with van der Waals surface area (Å²) in [5, 5.41) is 5.05. The molecule has 2 aromatic rings. The highest BCUT2D eigenvalue weighted by molar-refractivity contribution is 7.89. The Kier molecular flexibility index (Phi) is 4.90. The molecule has 8 heteroatoms. The molecule has 23 heavy (non-hydrogen) atoms. The molecule has 0 heterocycles. The molecule has 1 atom stereocenters. The molecular formula is C15H18N2O4S2. The monoisotopic (exact) mass is 354 g/mol. The van der Waals surface area contributed by atoms with Gasteiger partial charge in [0.1, 0.15) is 0 Å². The van der Waals surface area contributed by atoms with Crippen molar-refractivity contribution >= 4 is 20.0 Å². The smallest absolute Gasteiger partial charge is 0.225 e. The lowest BCUT2D eigenvalue weighted by atomic mass is 10.1. The fourth-order valence-electron chi connectivity index (χ4n) is 2.11. The Morgan fingerprint density at radius 2 is 1.39 bits per heavy atom. The summed E-state index contributed by atoms with van der Waals surface area (Å²) in [5.74, 6) is 0. The van der Waals surface area contributed by atoms with Crippen LogP contribution in [0, 0.1) is 0 Å². The van der Waals surface area contributed by atoms with Crippen LogP contribution < -0.4 is 5.14 Å². The zero-order valence-electron chi connectivity index (χ0n) is 12.7. The van der Waals surface area contributed by atoms with E-state index < -0.39 is 26.1 Å². The molecule has 0 fully saturated rings. The van der Waals surface area contributed by atoms with Crippen molar-refractivity contribution in [1.29, 1.82) is 0 Å². The lowest BCUT2D eigenvalue weighted by molar-refractivity contribution is 0.398. The minimum Gasteiger partial charge on any atom is -0.225 e. The van der Waals surface area contributed by atoms with Gasteiger partial charge in [-0.1, -0.05) is 30.3 Å². The van der Waals surface area contributed by atoms with Gasteiger partial charge in [0.05, 0.1) is 9.79 Å². The van der Waals surface area contributed by atoms with Gasteiger partial charge in [0.2, 0.25) is 20.0 Å². The first-order valence-electron chi connectivity index (χ1n) is 6.80. The van der Waals surface area contributed by atoms with Gasteiger partial charge in [0, 0.05) is 13.1 Å². The van der Waals surface area contributed by atoms with Crippen molar-refractivity contribution in [1.82, 2.24) is 4.31 Å². The molecule has 0 unspecified atom stereocenters. The molecule has 0 aliphatic carbocycles. The average molecular weight is 354 g/mol. The maximum absolute atomic E-state index is 12.6. The van der Waals surface area contributed by atoms with Gasteiger partial charge in [0.15, 0.2) is 0 Å². The molecule has 0 amide bonds. The van der Waals surface area contributed by atoms with Crippen LogP contribution in [0.2, 0.25) is 0 Å². The number of hydrogen-bond acceptors (Lipinski definition) is 4. The lowest BCUT2D eigenvalue weighted by Crippen LogP contribution is -2.29. The van der Waals surface area contributed by atoms with E-state index in [1.54, 1.807) is 37.3 Å². The maximum atomic E-state index is 12.6. The van der Waals surface area contributed by atoms with Crippen LogP contribution in [0.25, 0.3) is 0 Å². The number of sulfonamides is 2. The summed E-state index contributed by atoms with van der Waals surface area (Å²) in [7, 11) is -5.92. The van der Waals surface area contributed by atoms with Crippen molar-refractivity contribution in [3.05, 3.63) is 60.2 Å². The summed E-state index contributed by atoms with van der Waals surface area (Å²) < 4.78 is 48.9. The van der Waals surface area contributed by atoms with E-state index in [1.165, 1.54) is 35.6 Å². The molecule has 0 radical (unpaired) electrons. The Labute approximate surface area is 136 Å². The minimum atomic E-state index is -3.77. The highest BCUT2D eigenvalue weighted by atomic mass is 32.2. The molecule has 0 saturated heterocycles. The maximum Gasteiger partial charge on any atom is 0.243 e. The number of hydrogen-bond donors (Lipinski definition) is 1. The summed E-state index contributed by atoms with van der Waals surface area (Å²) in [6, 6.07) is 13.5. The SMILES string of the molecule is C[C@@H](c1ccc(S(N)(=O)=O)cc1)N(C)S(=O)(=O)c1ccccc1. The minimum absolute atomic E-state index is 0.0120. The molecular weight excluding hydrogens is 336 g/mol. The van der Waals surface area contributed by atoms with E-state index in [9.17, 15) is 16.8 Å². The van der Waals surface area contributed by atoms with Gasteiger partial charge in [-0.2, -0.15) is 4.31 Å². The first kappa shape index (κ1) is 17.6. The first-order chi connectivity index (χ1) is 10.6. The van der Waals surface area contributed by atoms with Crippen LogP contribution in [-0.4, -0.2) is 28.2 Å². The number of nitrogens with two attached hydrogens (primary N) is 1. The number of benzene rings is 2. The lowest BCUT2D eigenvalue weighted by Gasteiger charge is -2.24. The van der Waals surface area contributed by atoms with E-state index in [1.807, 2.05) is 0 Å². The highest BCUT2D eigenvalue weighted by Gasteiger charge is 2.26. The van der Waals surface area contributed by atoms with Gasteiger partial charge in [-0.3, -0.25) is 0 Å². The molecule has 0 saturated carbocycles. The molecule has 2 rings (SSSR count). The third-order valence-corrected chi connectivity index (χ3v) is 6.53. The Bertz CT molecular complexity index is 877. The Balaban J connectivity index is 2.31. The van der Waals surface area contributed by atoms with Crippen LogP contribution >= 0.6 is 0 Å². The van der Waals surface area contributed by atoms with Crippen molar-refractivity contribution in [2.24, 2.45) is 5.14 Å². The normalized spacial score (nSPS) is 13.9. The van der Waals surface area contributed by atoms with Crippen molar-refractivity contribution in [3.63, 3.8) is 0 Å². The van der Waals surface area contributed by atoms with Gasteiger partial charge in [-0.25, -0.2) is 22.0 Å². The van der Waals surface area contributed by atoms with Crippen LogP contribution in [0.4, 0.5) is 0 Å². The van der Waals surface area contributed by atoms with Crippen LogP contribution in [-0.2, 0) is 20.0 Å². The molecule has 0 bridgehead atoms. The molecule has 2 N–H and O–H groups in total. The quantitative estimate of drug-likeness (QED) is 0.884. The van der Waals surface area contributed by atoms with Crippen molar-refractivity contribution in [2.75, 3.05) is 7.05 Å². The summed E-state index contributed by atoms with van der Waals surface area (Å²) in [6.45, 7) is 1.73. The topological polar surface area (TPSA) is 97.5 Å². The Morgan fingerprint density at radius 1 is 0.870 bits per heavy atom. The van der Waals surface area contributed by atoms with Crippen LogP contribution in [0.15, 0.2) is 64.4 Å². The van der Waals surface area contributed by atoms with Crippen molar-refractivity contribution in [2.45, 2.75) is 22.8 Å². The van der Waals surface area contributed by atoms with Crippen LogP contribution in [0.1, 0.15) is 18.5 Å². The standard InChI is InChI=1S/C15H18N2O4S2/c1-12(13-8-10-14(11-9-13)22(16,18)19)17(2)23(20,21)15-6-4-3-5-7-15/h3-12H,1-2H3,(H2,16,18,19)/t12-/m0/s1. The molecule has 0 spiro atoms. The first-order valence-corrected chi connectivity index (χ1v) is 9.78. The largest absolute Gasteiger partial charge is 0.243 e. The van der Waals surface area contributed by atoms with Gasteiger partial charge < -0.3 is 0 Å². The second-order valence-electron chi connectivity index (χ2n) is 5.12. The molecule has 0 aromatic heterocycles. The molecule has 0 aliphatic heterocycles. The fourth-order valence-corrected chi connectivity index (χ4v) is 4.00. The summed E-state index contributed by atoms with van der Waals surface area (Å²) >= 11 is 0. The number of nitrogens with zero attached hydrogens (tertiary/aromatic N) is 1. The summed E-state index contributed by atoms with van der Waals surface area (Å²) in [5.41, 5.74) is 0.666. The zero-order chi connectivity index (χ0) is 17.3. The van der Waals surface area contributed by atoms with E-state index in [4.69, 9.17) is 5.14 Å². The van der Waals surface area contributed by atoms with E-state index in [0.717, 1.165) is 0 Å². The molecule has 124 valence electrons. The van der Waals surface area contributed by atoms with Gasteiger partial charge in [-0.15, -0.1) is 0 Å². The summed E-state index contributed by atoms with van der Waals surface area (Å²) in [4.78, 5) is 0.192. The van der Waals surface area contributed by atoms with Gasteiger partial charge in [0.25, 0.3) is 0 Å². The predicted molar refractivity (Wildman–Crippen MR) is 87.6 cm³/mol. The number of rotatable bonds is 5. The highest BCUT2D eigenvalue weighted by Crippen LogP contribution is 2.26. The predicted octanol–water partition coefficient (Wildman–Crippen LogP) is 1.72. The molecule has 6 nitrogen and oxygen atoms in total. The van der Waals surface area contributed by atoms with Crippen LogP contribution in [0.5, 0.6) is 0 Å². The van der Waals surface area contributed by atoms with E-state index in [2.05, 4.69) is 0 Å². The second-order valence-corrected chi connectivity index (χ2v) is 8.68. The Hall–Kier alpha value is -1.74. The second kappa shape index (κ2) is 6.40. The molecule has 0 aliphatic rings. The number of primary sulfonamides is 1.